The molecule has 10 nitrogen and oxygen atoms in total. The van der Waals surface area contributed by atoms with Gasteiger partial charge in [0.1, 0.15) is 24.1 Å². The van der Waals surface area contributed by atoms with Crippen LogP contribution in [0.2, 0.25) is 0 Å². The van der Waals surface area contributed by atoms with Crippen LogP contribution in [0.3, 0.4) is 0 Å². The van der Waals surface area contributed by atoms with Gasteiger partial charge in [0.05, 0.1) is 12.9 Å². The predicted octanol–water partition coefficient (Wildman–Crippen LogP) is -1.10. The van der Waals surface area contributed by atoms with Crippen molar-refractivity contribution < 1.29 is 29.1 Å². The Labute approximate surface area is 123 Å². The van der Waals surface area contributed by atoms with Crippen molar-refractivity contribution >= 4 is 17.0 Å². The molecule has 22 heavy (non-hydrogen) atoms. The van der Waals surface area contributed by atoms with E-state index in [1.807, 2.05) is 0 Å². The molecule has 11 heteroatoms. The molecular formula is C11H14FN5O5. The summed E-state index contributed by atoms with van der Waals surface area (Å²) in [6, 6.07) is 0. The lowest BCUT2D eigenvalue weighted by Crippen LogP contribution is -2.35. The zero-order valence-corrected chi connectivity index (χ0v) is 11.2. The predicted molar refractivity (Wildman–Crippen MR) is 68.7 cm³/mol. The van der Waals surface area contributed by atoms with Gasteiger partial charge in [0.15, 0.2) is 23.8 Å². The van der Waals surface area contributed by atoms with Crippen molar-refractivity contribution in [3.05, 3.63) is 12.7 Å². The number of hydrogen-bond acceptors (Lipinski definition) is 9. The Balaban J connectivity index is 1.97. The Morgan fingerprint density at radius 3 is 2.95 bits per heavy atom. The highest BCUT2D eigenvalue weighted by molar-refractivity contribution is 5.81. The van der Waals surface area contributed by atoms with Crippen molar-refractivity contribution in [1.29, 1.82) is 0 Å². The minimum atomic E-state index is -1.22. The molecule has 3 heterocycles. The highest BCUT2D eigenvalue weighted by Gasteiger charge is 2.47. The van der Waals surface area contributed by atoms with Crippen LogP contribution in [0.1, 0.15) is 6.23 Å². The van der Waals surface area contributed by atoms with Gasteiger partial charge in [-0.3, -0.25) is 4.57 Å². The van der Waals surface area contributed by atoms with Gasteiger partial charge >= 0.3 is 0 Å². The van der Waals surface area contributed by atoms with Gasteiger partial charge in [-0.1, -0.05) is 0 Å². The maximum atomic E-state index is 12.2. The Hall–Kier alpha value is -1.92. The number of aliphatic hydroxyl groups is 2. The van der Waals surface area contributed by atoms with Crippen LogP contribution >= 0.6 is 0 Å². The van der Waals surface area contributed by atoms with E-state index in [1.54, 1.807) is 0 Å². The standard InChI is InChI=1S/C11H14FN5O5/c12-2-20-22-8-7(19)5(1-18)21-11(8)17-4-16-6-9(13)14-3-15-10(6)17/h3-5,7-8,11,18-19H,1-2H2,(H2,13,14,15)/t5-,7?,8?,11-/m1/s1. The fourth-order valence-corrected chi connectivity index (χ4v) is 2.36. The SMILES string of the molecule is Nc1ncnc2c1ncn2[C@@H]1O[C@H](CO)C(O)C1OOCF. The van der Waals surface area contributed by atoms with Crippen molar-refractivity contribution in [3.63, 3.8) is 0 Å². The van der Waals surface area contributed by atoms with Crippen molar-refractivity contribution in [2.75, 3.05) is 19.2 Å². The normalized spacial score (nSPS) is 28.5. The van der Waals surface area contributed by atoms with Crippen LogP contribution in [0, 0.1) is 0 Å². The van der Waals surface area contributed by atoms with Gasteiger partial charge in [0.2, 0.25) is 6.86 Å². The fourth-order valence-electron chi connectivity index (χ4n) is 2.36. The summed E-state index contributed by atoms with van der Waals surface area (Å²) in [5, 5.41) is 19.3. The molecule has 0 aliphatic carbocycles. The van der Waals surface area contributed by atoms with Crippen molar-refractivity contribution in [1.82, 2.24) is 19.5 Å². The van der Waals surface area contributed by atoms with E-state index in [4.69, 9.17) is 15.4 Å². The molecule has 0 spiro atoms. The Morgan fingerprint density at radius 2 is 2.23 bits per heavy atom. The molecular weight excluding hydrogens is 301 g/mol. The second-order valence-electron chi connectivity index (χ2n) is 4.61. The maximum absolute atomic E-state index is 12.2. The van der Waals surface area contributed by atoms with Crippen LogP contribution in [0.4, 0.5) is 10.2 Å². The molecule has 2 aromatic heterocycles. The number of nitrogen functional groups attached to an aromatic ring is 1. The fraction of sp³-hybridized carbons (Fsp3) is 0.545. The lowest BCUT2D eigenvalue weighted by Gasteiger charge is -2.19. The van der Waals surface area contributed by atoms with E-state index in [0.29, 0.717) is 11.2 Å². The van der Waals surface area contributed by atoms with Crippen molar-refractivity contribution in [2.24, 2.45) is 0 Å². The molecule has 2 unspecified atom stereocenters. The summed E-state index contributed by atoms with van der Waals surface area (Å²) in [5.41, 5.74) is 6.39. The molecule has 4 N–H and O–H groups in total. The molecule has 0 radical (unpaired) electrons. The molecule has 1 aliphatic heterocycles. The zero-order chi connectivity index (χ0) is 15.7. The maximum Gasteiger partial charge on any atom is 0.221 e. The van der Waals surface area contributed by atoms with Gasteiger partial charge in [-0.05, 0) is 0 Å². The average molecular weight is 315 g/mol. The van der Waals surface area contributed by atoms with Gasteiger partial charge in [0, 0.05) is 0 Å². The van der Waals surface area contributed by atoms with Gasteiger partial charge in [0.25, 0.3) is 0 Å². The van der Waals surface area contributed by atoms with Gasteiger partial charge in [-0.2, -0.15) is 0 Å². The van der Waals surface area contributed by atoms with Crippen LogP contribution in [-0.2, 0) is 14.5 Å². The summed E-state index contributed by atoms with van der Waals surface area (Å²) in [4.78, 5) is 21.0. The summed E-state index contributed by atoms with van der Waals surface area (Å²) in [5.74, 6) is 0.179. The Bertz CT molecular complexity index is 655. The van der Waals surface area contributed by atoms with Crippen LogP contribution in [0.15, 0.2) is 12.7 Å². The van der Waals surface area contributed by atoms with Crippen LogP contribution < -0.4 is 5.73 Å². The molecule has 1 fully saturated rings. The van der Waals surface area contributed by atoms with Crippen molar-refractivity contribution in [2.45, 2.75) is 24.5 Å². The lowest BCUT2D eigenvalue weighted by atomic mass is 10.1. The molecule has 1 aliphatic rings. The smallest absolute Gasteiger partial charge is 0.221 e. The minimum absolute atomic E-state index is 0.179. The molecule has 0 bridgehead atoms. The lowest BCUT2D eigenvalue weighted by molar-refractivity contribution is -0.360. The number of anilines is 1. The minimum Gasteiger partial charge on any atom is -0.394 e. The number of alkyl halides is 1. The Morgan fingerprint density at radius 1 is 1.41 bits per heavy atom. The van der Waals surface area contributed by atoms with E-state index in [1.165, 1.54) is 17.2 Å². The summed E-state index contributed by atoms with van der Waals surface area (Å²) in [6.07, 6.45) is -1.54. The third kappa shape index (κ3) is 2.38. The third-order valence-corrected chi connectivity index (χ3v) is 3.38. The summed E-state index contributed by atoms with van der Waals surface area (Å²) in [7, 11) is 0. The second-order valence-corrected chi connectivity index (χ2v) is 4.61. The van der Waals surface area contributed by atoms with Gasteiger partial charge < -0.3 is 20.7 Å². The number of aliphatic hydroxyl groups excluding tert-OH is 2. The molecule has 3 rings (SSSR count). The number of ether oxygens (including phenoxy) is 1. The number of hydrogen-bond donors (Lipinski definition) is 3. The first kappa shape index (κ1) is 15.0. The first-order valence-electron chi connectivity index (χ1n) is 6.39. The first-order valence-corrected chi connectivity index (χ1v) is 6.39. The van der Waals surface area contributed by atoms with Gasteiger partial charge in [-0.15, -0.1) is 0 Å². The monoisotopic (exact) mass is 315 g/mol. The number of nitrogens with zero attached hydrogens (tertiary/aromatic N) is 4. The number of halogens is 1. The molecule has 0 aromatic carbocycles. The summed E-state index contributed by atoms with van der Waals surface area (Å²) in [6.45, 7) is -1.64. The van der Waals surface area contributed by atoms with E-state index >= 15 is 0 Å². The van der Waals surface area contributed by atoms with E-state index < -0.39 is 38.0 Å². The van der Waals surface area contributed by atoms with Crippen LogP contribution in [-0.4, -0.2) is 61.5 Å². The van der Waals surface area contributed by atoms with E-state index in [9.17, 15) is 14.6 Å². The average Bonchev–Trinajstić information content (AvgIpc) is 3.07. The van der Waals surface area contributed by atoms with E-state index in [2.05, 4.69) is 19.8 Å². The molecule has 120 valence electrons. The summed E-state index contributed by atoms with van der Waals surface area (Å²) < 4.78 is 19.1. The van der Waals surface area contributed by atoms with Crippen LogP contribution in [0.5, 0.6) is 0 Å². The third-order valence-electron chi connectivity index (χ3n) is 3.38. The highest BCUT2D eigenvalue weighted by atomic mass is 19.1. The van der Waals surface area contributed by atoms with Crippen molar-refractivity contribution in [3.8, 4) is 0 Å². The summed E-state index contributed by atoms with van der Waals surface area (Å²) >= 11 is 0. The molecule has 2 aromatic rings. The molecule has 0 amide bonds. The second kappa shape index (κ2) is 6.06. The number of nitrogens with two attached hydrogens (primary N) is 1. The Kier molecular flexibility index (Phi) is 4.13. The molecule has 0 saturated carbocycles. The number of imidazole rings is 1. The number of fused-ring (bicyclic) bond motifs is 1. The molecule has 1 saturated heterocycles. The number of aromatic nitrogens is 4. The number of rotatable bonds is 5. The molecule has 4 atom stereocenters. The quantitative estimate of drug-likeness (QED) is 0.463. The largest absolute Gasteiger partial charge is 0.394 e. The topological polar surface area (TPSA) is 138 Å². The van der Waals surface area contributed by atoms with E-state index in [0.717, 1.165) is 0 Å². The zero-order valence-electron chi connectivity index (χ0n) is 11.2. The van der Waals surface area contributed by atoms with Gasteiger partial charge in [-0.25, -0.2) is 29.1 Å². The highest BCUT2D eigenvalue weighted by Crippen LogP contribution is 2.33. The van der Waals surface area contributed by atoms with Crippen LogP contribution in [0.25, 0.3) is 11.2 Å². The first-order chi connectivity index (χ1) is 10.7. The van der Waals surface area contributed by atoms with E-state index in [-0.39, 0.29) is 5.82 Å².